The van der Waals surface area contributed by atoms with Crippen molar-refractivity contribution in [3.8, 4) is 0 Å². The summed E-state index contributed by atoms with van der Waals surface area (Å²) in [4.78, 5) is 24.6. The summed E-state index contributed by atoms with van der Waals surface area (Å²) in [6.45, 7) is 5.81. The third-order valence-corrected chi connectivity index (χ3v) is 2.38. The van der Waals surface area contributed by atoms with Gasteiger partial charge in [0.05, 0.1) is 0 Å². The summed E-state index contributed by atoms with van der Waals surface area (Å²) >= 11 is 0. The summed E-state index contributed by atoms with van der Waals surface area (Å²) in [5.41, 5.74) is 0. The minimum absolute atomic E-state index is 0.0426. The quantitative estimate of drug-likeness (QED) is 0.591. The number of nitrogens with zero attached hydrogens (tertiary/aromatic N) is 4. The summed E-state index contributed by atoms with van der Waals surface area (Å²) in [5.74, 6) is -0.426. The molecule has 0 bridgehead atoms. The molecule has 1 aromatic heterocycles. The van der Waals surface area contributed by atoms with Crippen molar-refractivity contribution < 1.29 is 9.72 Å². The molecule has 0 aromatic carbocycles. The fourth-order valence-electron chi connectivity index (χ4n) is 1.06. The molecule has 1 heterocycles. The Balaban J connectivity index is 2.53. The second kappa shape index (κ2) is 5.37. The maximum absolute atomic E-state index is 11.5. The average Bonchev–Trinajstić information content (AvgIpc) is 2.65. The Morgan fingerprint density at radius 2 is 2.24 bits per heavy atom. The topological polar surface area (TPSA) is 103 Å². The summed E-state index contributed by atoms with van der Waals surface area (Å²) in [6.07, 6.45) is 1.16. The Hall–Kier alpha value is -1.99. The van der Waals surface area contributed by atoms with Crippen molar-refractivity contribution >= 4 is 11.9 Å². The molecule has 0 saturated carbocycles. The first-order valence-electron chi connectivity index (χ1n) is 5.23. The molecular weight excluding hydrogens is 226 g/mol. The van der Waals surface area contributed by atoms with Crippen LogP contribution in [-0.2, 0) is 11.3 Å². The minimum atomic E-state index is -0.703. The normalized spacial score (nSPS) is 12.5. The maximum Gasteiger partial charge on any atom is 0.490 e. The van der Waals surface area contributed by atoms with E-state index in [9.17, 15) is 14.9 Å². The van der Waals surface area contributed by atoms with Gasteiger partial charge in [0.25, 0.3) is 0 Å². The van der Waals surface area contributed by atoms with E-state index >= 15 is 0 Å². The first kappa shape index (κ1) is 13.1. The van der Waals surface area contributed by atoms with Crippen LogP contribution < -0.4 is 5.32 Å². The standard InChI is InChI=1S/C9H15N5O3/c1-6(2)7(3)11-8(15)4-13-5-10-9(12-13)14(16)17/h5-7H,4H2,1-3H3,(H,11,15)/t7-/m0/s1. The van der Waals surface area contributed by atoms with E-state index < -0.39 is 10.9 Å². The molecule has 0 aliphatic rings. The van der Waals surface area contributed by atoms with Gasteiger partial charge in [0.1, 0.15) is 6.54 Å². The Labute approximate surface area is 98.2 Å². The van der Waals surface area contributed by atoms with Gasteiger partial charge < -0.3 is 15.4 Å². The van der Waals surface area contributed by atoms with Crippen LogP contribution >= 0.6 is 0 Å². The molecule has 0 radical (unpaired) electrons. The lowest BCUT2D eigenvalue weighted by Gasteiger charge is -2.16. The van der Waals surface area contributed by atoms with E-state index in [0.29, 0.717) is 5.92 Å². The highest BCUT2D eigenvalue weighted by Gasteiger charge is 2.16. The zero-order valence-corrected chi connectivity index (χ0v) is 9.95. The van der Waals surface area contributed by atoms with E-state index in [2.05, 4.69) is 15.4 Å². The molecule has 0 spiro atoms. The fraction of sp³-hybridized carbons (Fsp3) is 0.667. The predicted octanol–water partition coefficient (Wildman–Crippen LogP) is 0.347. The number of hydrogen-bond donors (Lipinski definition) is 1. The molecule has 17 heavy (non-hydrogen) atoms. The molecule has 8 nitrogen and oxygen atoms in total. The summed E-state index contributed by atoms with van der Waals surface area (Å²) < 4.78 is 1.14. The van der Waals surface area contributed by atoms with Crippen molar-refractivity contribution in [2.24, 2.45) is 5.92 Å². The van der Waals surface area contributed by atoms with Crippen LogP contribution in [0.3, 0.4) is 0 Å². The zero-order chi connectivity index (χ0) is 13.0. The number of aromatic nitrogens is 3. The summed E-state index contributed by atoms with van der Waals surface area (Å²) in [5, 5.41) is 16.7. The second-order valence-electron chi connectivity index (χ2n) is 4.10. The van der Waals surface area contributed by atoms with Crippen LogP contribution in [0.15, 0.2) is 6.33 Å². The van der Waals surface area contributed by atoms with Gasteiger partial charge in [0.15, 0.2) is 0 Å². The Morgan fingerprint density at radius 3 is 2.71 bits per heavy atom. The molecule has 0 unspecified atom stereocenters. The van der Waals surface area contributed by atoms with Gasteiger partial charge in [-0.15, -0.1) is 0 Å². The van der Waals surface area contributed by atoms with Crippen LogP contribution in [0.1, 0.15) is 20.8 Å². The highest BCUT2D eigenvalue weighted by Crippen LogP contribution is 2.01. The molecule has 0 fully saturated rings. The molecule has 0 aliphatic carbocycles. The zero-order valence-electron chi connectivity index (χ0n) is 9.95. The highest BCUT2D eigenvalue weighted by molar-refractivity contribution is 5.75. The lowest BCUT2D eigenvalue weighted by molar-refractivity contribution is -0.394. The van der Waals surface area contributed by atoms with Crippen molar-refractivity contribution in [1.29, 1.82) is 0 Å². The van der Waals surface area contributed by atoms with E-state index in [-0.39, 0.29) is 18.5 Å². The number of rotatable bonds is 5. The first-order chi connectivity index (χ1) is 7.90. The van der Waals surface area contributed by atoms with Crippen molar-refractivity contribution in [2.45, 2.75) is 33.4 Å². The van der Waals surface area contributed by atoms with Gasteiger partial charge in [-0.1, -0.05) is 18.8 Å². The monoisotopic (exact) mass is 241 g/mol. The van der Waals surface area contributed by atoms with E-state index in [1.807, 2.05) is 20.8 Å². The summed E-state index contributed by atoms with van der Waals surface area (Å²) in [6, 6.07) is 0.0426. The lowest BCUT2D eigenvalue weighted by Crippen LogP contribution is -2.38. The Kier molecular flexibility index (Phi) is 4.13. The molecule has 0 aliphatic heterocycles. The number of nitrogens with one attached hydrogen (secondary N) is 1. The number of carbonyl (C=O) groups excluding carboxylic acids is 1. The first-order valence-corrected chi connectivity index (χ1v) is 5.23. The van der Waals surface area contributed by atoms with Crippen LogP contribution in [0.4, 0.5) is 5.95 Å². The number of nitro groups is 1. The van der Waals surface area contributed by atoms with Gasteiger partial charge in [0, 0.05) is 11.1 Å². The highest BCUT2D eigenvalue weighted by atomic mass is 16.6. The number of hydrogen-bond acceptors (Lipinski definition) is 5. The molecule has 0 saturated heterocycles. The number of carbonyl (C=O) groups is 1. The van der Waals surface area contributed by atoms with Gasteiger partial charge >= 0.3 is 5.95 Å². The van der Waals surface area contributed by atoms with Gasteiger partial charge in [-0.25, -0.2) is 0 Å². The van der Waals surface area contributed by atoms with Crippen LogP contribution in [0.25, 0.3) is 0 Å². The third kappa shape index (κ3) is 3.82. The fourth-order valence-corrected chi connectivity index (χ4v) is 1.06. The van der Waals surface area contributed by atoms with Crippen LogP contribution in [0.2, 0.25) is 0 Å². The van der Waals surface area contributed by atoms with Crippen molar-refractivity contribution in [3.63, 3.8) is 0 Å². The van der Waals surface area contributed by atoms with Gasteiger partial charge in [0.2, 0.25) is 12.2 Å². The van der Waals surface area contributed by atoms with Crippen LogP contribution in [0, 0.1) is 16.0 Å². The van der Waals surface area contributed by atoms with E-state index in [0.717, 1.165) is 11.0 Å². The smallest absolute Gasteiger partial charge is 0.390 e. The second-order valence-corrected chi connectivity index (χ2v) is 4.10. The minimum Gasteiger partial charge on any atom is -0.390 e. The summed E-state index contributed by atoms with van der Waals surface area (Å²) in [7, 11) is 0. The van der Waals surface area contributed by atoms with Crippen molar-refractivity contribution in [3.05, 3.63) is 16.4 Å². The lowest BCUT2D eigenvalue weighted by atomic mass is 10.1. The molecule has 1 amide bonds. The molecule has 1 rings (SSSR count). The van der Waals surface area contributed by atoms with E-state index in [4.69, 9.17) is 0 Å². The van der Waals surface area contributed by atoms with Gasteiger partial charge in [-0.05, 0) is 17.8 Å². The third-order valence-electron chi connectivity index (χ3n) is 2.38. The predicted molar refractivity (Wildman–Crippen MR) is 59.1 cm³/mol. The van der Waals surface area contributed by atoms with Gasteiger partial charge in [-0.3, -0.25) is 4.79 Å². The molecule has 94 valence electrons. The SMILES string of the molecule is CC(C)[C@H](C)NC(=O)Cn1cnc([N+](=O)[O-])n1. The molecule has 8 heteroatoms. The van der Waals surface area contributed by atoms with Crippen molar-refractivity contribution in [2.75, 3.05) is 0 Å². The Bertz CT molecular complexity index is 415. The molecule has 1 aromatic rings. The largest absolute Gasteiger partial charge is 0.490 e. The van der Waals surface area contributed by atoms with Crippen LogP contribution in [0.5, 0.6) is 0 Å². The molecule has 1 atom stereocenters. The van der Waals surface area contributed by atoms with Crippen molar-refractivity contribution in [1.82, 2.24) is 20.1 Å². The number of amides is 1. The van der Waals surface area contributed by atoms with E-state index in [1.54, 1.807) is 0 Å². The molecular formula is C9H15N5O3. The maximum atomic E-state index is 11.5. The van der Waals surface area contributed by atoms with E-state index in [1.165, 1.54) is 0 Å². The van der Waals surface area contributed by atoms with Gasteiger partial charge in [-0.2, -0.15) is 4.68 Å². The Morgan fingerprint density at radius 1 is 1.59 bits per heavy atom. The van der Waals surface area contributed by atoms with Crippen LogP contribution in [-0.4, -0.2) is 31.6 Å². The molecule has 1 N–H and O–H groups in total. The average molecular weight is 241 g/mol.